The number of hydrogen-bond donors (Lipinski definition) is 2. The van der Waals surface area contributed by atoms with E-state index in [1.165, 1.54) is 17.3 Å². The Morgan fingerprint density at radius 3 is 2.51 bits per heavy atom. The van der Waals surface area contributed by atoms with Crippen molar-refractivity contribution in [3.63, 3.8) is 0 Å². The van der Waals surface area contributed by atoms with Gasteiger partial charge in [0.25, 0.3) is 0 Å². The lowest BCUT2D eigenvalue weighted by molar-refractivity contribution is -0.122. The van der Waals surface area contributed by atoms with E-state index in [1.807, 2.05) is 48.5 Å². The van der Waals surface area contributed by atoms with Gasteiger partial charge in [0, 0.05) is 41.3 Å². The molecule has 5 rings (SSSR count). The van der Waals surface area contributed by atoms with Crippen LogP contribution in [0.4, 0.5) is 5.69 Å². The third kappa shape index (κ3) is 5.50. The highest BCUT2D eigenvalue weighted by Gasteiger charge is 2.32. The minimum Gasteiger partial charge on any atom is -0.342 e. The smallest absolute Gasteiger partial charge is 0.240 e. The molecule has 3 aromatic carbocycles. The van der Waals surface area contributed by atoms with Crippen LogP contribution in [0.5, 0.6) is 0 Å². The zero-order valence-corrected chi connectivity index (χ0v) is 19.6. The maximum Gasteiger partial charge on any atom is 0.240 e. The van der Waals surface area contributed by atoms with E-state index in [2.05, 4.69) is 55.9 Å². The molecular formula is C27H23N5O2S. The second-order valence-electron chi connectivity index (χ2n) is 8.08. The lowest BCUT2D eigenvalue weighted by Gasteiger charge is -2.06. The summed E-state index contributed by atoms with van der Waals surface area (Å²) in [6, 6.07) is 27.6. The average molecular weight is 482 g/mol. The van der Waals surface area contributed by atoms with E-state index in [0.29, 0.717) is 10.9 Å². The topological polar surface area (TPSA) is 87.8 Å². The number of nitrogens with one attached hydrogen (secondary N) is 2. The molecule has 2 heterocycles. The third-order valence-corrected chi connectivity index (χ3v) is 6.64. The maximum absolute atomic E-state index is 12.3. The van der Waals surface area contributed by atoms with Crippen molar-refractivity contribution in [2.24, 2.45) is 10.2 Å². The standard InChI is InChI=1S/C27H23N5O2S/c33-25(29-21-11-5-2-6-12-21)15-24-26(34)30-27(35-24)31-28-16-20-18-32(17-19-9-3-1-4-10-19)23-14-8-7-13-22(20)23/h1-14,16,18,24H,15,17H2,(H,29,33)(H,30,31,34)/b28-16-/t24-/m0/s1. The lowest BCUT2D eigenvalue weighted by Crippen LogP contribution is -2.28. The van der Waals surface area contributed by atoms with Crippen LogP contribution in [0, 0.1) is 0 Å². The molecule has 8 heteroatoms. The van der Waals surface area contributed by atoms with Gasteiger partial charge in [-0.15, -0.1) is 5.10 Å². The summed E-state index contributed by atoms with van der Waals surface area (Å²) in [6.07, 6.45) is 3.80. The summed E-state index contributed by atoms with van der Waals surface area (Å²) in [7, 11) is 0. The van der Waals surface area contributed by atoms with Crippen LogP contribution in [0.15, 0.2) is 101 Å². The van der Waals surface area contributed by atoms with E-state index in [1.54, 1.807) is 18.3 Å². The second kappa shape index (κ2) is 10.4. The second-order valence-corrected chi connectivity index (χ2v) is 9.27. The number of rotatable bonds is 7. The fourth-order valence-electron chi connectivity index (χ4n) is 3.92. The maximum atomic E-state index is 12.3. The Hall–Kier alpha value is -4.17. The predicted molar refractivity (Wildman–Crippen MR) is 142 cm³/mol. The van der Waals surface area contributed by atoms with Gasteiger partial charge in [-0.3, -0.25) is 9.59 Å². The fraction of sp³-hybridized carbons (Fsp3) is 0.111. The summed E-state index contributed by atoms with van der Waals surface area (Å²) in [5.41, 5.74) is 3.96. The van der Waals surface area contributed by atoms with Crippen LogP contribution in [0.25, 0.3) is 10.9 Å². The summed E-state index contributed by atoms with van der Waals surface area (Å²) in [5, 5.41) is 14.8. The quantitative estimate of drug-likeness (QED) is 0.298. The van der Waals surface area contributed by atoms with E-state index in [-0.39, 0.29) is 18.2 Å². The van der Waals surface area contributed by atoms with Crippen molar-refractivity contribution in [2.75, 3.05) is 5.32 Å². The normalized spacial score (nSPS) is 16.7. The number of fused-ring (bicyclic) bond motifs is 1. The molecule has 0 unspecified atom stereocenters. The molecule has 0 saturated carbocycles. The molecule has 0 radical (unpaired) electrons. The Balaban J connectivity index is 1.26. The van der Waals surface area contributed by atoms with Gasteiger partial charge >= 0.3 is 0 Å². The van der Waals surface area contributed by atoms with Crippen molar-refractivity contribution in [3.05, 3.63) is 102 Å². The number of thioether (sulfide) groups is 1. The summed E-state index contributed by atoms with van der Waals surface area (Å²) < 4.78 is 2.19. The highest BCUT2D eigenvalue weighted by atomic mass is 32.2. The molecule has 4 aromatic rings. The number of aromatic nitrogens is 1. The first-order chi connectivity index (χ1) is 17.2. The number of amidine groups is 1. The molecule has 2 N–H and O–H groups in total. The largest absolute Gasteiger partial charge is 0.342 e. The molecule has 0 spiro atoms. The van der Waals surface area contributed by atoms with Crippen LogP contribution in [-0.2, 0) is 16.1 Å². The number of benzene rings is 3. The van der Waals surface area contributed by atoms with Crippen molar-refractivity contribution in [1.82, 2.24) is 9.88 Å². The Bertz CT molecular complexity index is 1410. The van der Waals surface area contributed by atoms with Crippen molar-refractivity contribution in [1.29, 1.82) is 0 Å². The molecule has 1 aromatic heterocycles. The number of hydrogen-bond acceptors (Lipinski definition) is 5. The predicted octanol–water partition coefficient (Wildman–Crippen LogP) is 4.64. The first kappa shape index (κ1) is 22.6. The molecule has 1 atom stereocenters. The number of carbonyl (C=O) groups excluding carboxylic acids is 2. The average Bonchev–Trinajstić information content (AvgIpc) is 3.40. The molecule has 7 nitrogen and oxygen atoms in total. The van der Waals surface area contributed by atoms with E-state index in [0.717, 1.165) is 23.0 Å². The van der Waals surface area contributed by atoms with Crippen molar-refractivity contribution in [2.45, 2.75) is 18.2 Å². The molecule has 0 aliphatic carbocycles. The molecule has 2 amide bonds. The lowest BCUT2D eigenvalue weighted by atomic mass is 10.2. The van der Waals surface area contributed by atoms with Gasteiger partial charge in [0.2, 0.25) is 11.8 Å². The number of para-hydroxylation sites is 2. The van der Waals surface area contributed by atoms with Gasteiger partial charge in [0.05, 0.1) is 6.21 Å². The number of nitrogens with zero attached hydrogens (tertiary/aromatic N) is 3. The van der Waals surface area contributed by atoms with Gasteiger partial charge in [-0.05, 0) is 23.8 Å². The van der Waals surface area contributed by atoms with Crippen LogP contribution in [-0.4, -0.2) is 33.0 Å². The molecule has 1 aliphatic rings. The van der Waals surface area contributed by atoms with Crippen molar-refractivity contribution >= 4 is 51.5 Å². The number of carbonyl (C=O) groups is 2. The monoisotopic (exact) mass is 481 g/mol. The third-order valence-electron chi connectivity index (χ3n) is 5.57. The van der Waals surface area contributed by atoms with Crippen LogP contribution in [0.1, 0.15) is 17.5 Å². The van der Waals surface area contributed by atoms with Gasteiger partial charge in [-0.2, -0.15) is 5.10 Å². The highest BCUT2D eigenvalue weighted by molar-refractivity contribution is 8.15. The van der Waals surface area contributed by atoms with Crippen molar-refractivity contribution < 1.29 is 9.59 Å². The van der Waals surface area contributed by atoms with Gasteiger partial charge in [0.1, 0.15) is 5.25 Å². The van der Waals surface area contributed by atoms with E-state index in [4.69, 9.17) is 0 Å². The summed E-state index contributed by atoms with van der Waals surface area (Å²) >= 11 is 1.21. The molecular weight excluding hydrogens is 458 g/mol. The van der Waals surface area contributed by atoms with Crippen LogP contribution in [0.3, 0.4) is 0 Å². The van der Waals surface area contributed by atoms with Gasteiger partial charge < -0.3 is 15.2 Å². The zero-order valence-electron chi connectivity index (χ0n) is 18.8. The Kier molecular flexibility index (Phi) is 6.72. The minimum atomic E-state index is -0.541. The van der Waals surface area contributed by atoms with E-state index in [9.17, 15) is 9.59 Å². The van der Waals surface area contributed by atoms with Gasteiger partial charge in [0.15, 0.2) is 5.17 Å². The minimum absolute atomic E-state index is 0.0566. The van der Waals surface area contributed by atoms with Gasteiger partial charge in [-0.1, -0.05) is 78.5 Å². The van der Waals surface area contributed by atoms with Crippen LogP contribution < -0.4 is 10.6 Å². The van der Waals surface area contributed by atoms with Crippen LogP contribution >= 0.6 is 11.8 Å². The van der Waals surface area contributed by atoms with E-state index < -0.39 is 5.25 Å². The SMILES string of the molecule is O=C(C[C@@H]1S/C(=N/N=C\c2cn(Cc3ccccc3)c3ccccc23)NC1=O)Nc1ccccc1. The molecule has 1 fully saturated rings. The Labute approximate surface area is 207 Å². The molecule has 35 heavy (non-hydrogen) atoms. The molecule has 174 valence electrons. The summed E-state index contributed by atoms with van der Waals surface area (Å²) in [5.74, 6) is -0.466. The molecule has 0 bridgehead atoms. The molecule has 1 saturated heterocycles. The Morgan fingerprint density at radius 2 is 1.71 bits per heavy atom. The zero-order chi connectivity index (χ0) is 24.0. The first-order valence-electron chi connectivity index (χ1n) is 11.2. The van der Waals surface area contributed by atoms with Crippen molar-refractivity contribution in [3.8, 4) is 0 Å². The first-order valence-corrected chi connectivity index (χ1v) is 12.1. The number of amides is 2. The summed E-state index contributed by atoms with van der Waals surface area (Å²) in [6.45, 7) is 0.752. The fourth-order valence-corrected chi connectivity index (χ4v) is 4.84. The van der Waals surface area contributed by atoms with Gasteiger partial charge in [-0.25, -0.2) is 0 Å². The number of anilines is 1. The summed E-state index contributed by atoms with van der Waals surface area (Å²) in [4.78, 5) is 24.6. The van der Waals surface area contributed by atoms with Crippen LogP contribution in [0.2, 0.25) is 0 Å². The van der Waals surface area contributed by atoms with E-state index >= 15 is 0 Å². The Morgan fingerprint density at radius 1 is 1.00 bits per heavy atom. The molecule has 1 aliphatic heterocycles. The highest BCUT2D eigenvalue weighted by Crippen LogP contribution is 2.24.